The van der Waals surface area contributed by atoms with Gasteiger partial charge in [0, 0.05) is 30.2 Å². The van der Waals surface area contributed by atoms with E-state index in [0.29, 0.717) is 31.1 Å². The van der Waals surface area contributed by atoms with Gasteiger partial charge in [-0.15, -0.1) is 0 Å². The standard InChI is InChI=1S/C27H25N3O5/c31-25(29-12-16-5-6-20-22(11-16)34-15-33-20)23-21-7-9-27(35-21)14-30(26(32)24(23)27)10-8-17-13-28-19-4-2-1-3-18(17)19/h1-7,9,11,13,21,23-24,28H,8,10,12,14-15H2,(H,29,31)/t21-,23+,24-,27+/m0/s1. The average Bonchev–Trinajstić information content (AvgIpc) is 3.68. The molecular formula is C27H25N3O5. The number of H-pyrrole nitrogens is 1. The first-order valence-electron chi connectivity index (χ1n) is 12.0. The van der Waals surface area contributed by atoms with Crippen molar-refractivity contribution >= 4 is 22.7 Å². The molecule has 178 valence electrons. The van der Waals surface area contributed by atoms with E-state index in [-0.39, 0.29) is 24.7 Å². The minimum Gasteiger partial charge on any atom is -0.454 e. The van der Waals surface area contributed by atoms with E-state index in [0.717, 1.165) is 17.5 Å². The molecule has 2 aromatic carbocycles. The maximum Gasteiger partial charge on any atom is 0.231 e. The highest BCUT2D eigenvalue weighted by Crippen LogP contribution is 2.52. The van der Waals surface area contributed by atoms with E-state index in [1.54, 1.807) is 0 Å². The molecule has 2 saturated heterocycles. The Balaban J connectivity index is 1.05. The van der Waals surface area contributed by atoms with Crippen LogP contribution in [0.15, 0.2) is 60.8 Å². The predicted octanol–water partition coefficient (Wildman–Crippen LogP) is 2.54. The van der Waals surface area contributed by atoms with Gasteiger partial charge in [0.15, 0.2) is 11.5 Å². The SMILES string of the molecule is O=C(NCc1ccc2c(c1)OCO2)[C@@H]1[C@@H]2C=C[C@]3(CN(CCc4c[nH]c5ccccc45)C(=O)[C@H]13)O2. The summed E-state index contributed by atoms with van der Waals surface area (Å²) in [4.78, 5) is 31.9. The van der Waals surface area contributed by atoms with Crippen molar-refractivity contribution < 1.29 is 23.8 Å². The molecule has 2 amide bonds. The zero-order chi connectivity index (χ0) is 23.6. The average molecular weight is 472 g/mol. The van der Waals surface area contributed by atoms with E-state index in [2.05, 4.69) is 16.4 Å². The van der Waals surface area contributed by atoms with Crippen LogP contribution in [0, 0.1) is 11.8 Å². The van der Waals surface area contributed by atoms with Crippen LogP contribution in [0.4, 0.5) is 0 Å². The molecule has 35 heavy (non-hydrogen) atoms. The monoisotopic (exact) mass is 471 g/mol. The lowest BCUT2D eigenvalue weighted by Crippen LogP contribution is -2.44. The van der Waals surface area contributed by atoms with Gasteiger partial charge in [0.05, 0.1) is 24.5 Å². The summed E-state index contributed by atoms with van der Waals surface area (Å²) in [6, 6.07) is 13.8. The fourth-order valence-electron chi connectivity index (χ4n) is 6.02. The highest BCUT2D eigenvalue weighted by Gasteiger charge is 2.66. The quantitative estimate of drug-likeness (QED) is 0.539. The van der Waals surface area contributed by atoms with Crippen LogP contribution in [0.5, 0.6) is 11.5 Å². The minimum absolute atomic E-state index is 0.0000733. The number of ether oxygens (including phenoxy) is 3. The lowest BCUT2D eigenvalue weighted by molar-refractivity contribution is -0.137. The molecule has 8 heteroatoms. The zero-order valence-electron chi connectivity index (χ0n) is 19.0. The van der Waals surface area contributed by atoms with Crippen LogP contribution in [0.3, 0.4) is 0 Å². The Morgan fingerprint density at radius 2 is 2.06 bits per heavy atom. The van der Waals surface area contributed by atoms with Crippen molar-refractivity contribution in [2.75, 3.05) is 19.9 Å². The van der Waals surface area contributed by atoms with Crippen molar-refractivity contribution in [3.05, 3.63) is 71.9 Å². The van der Waals surface area contributed by atoms with Gasteiger partial charge in [0.25, 0.3) is 0 Å². The van der Waals surface area contributed by atoms with Gasteiger partial charge in [-0.3, -0.25) is 9.59 Å². The van der Waals surface area contributed by atoms with Crippen LogP contribution in [0.2, 0.25) is 0 Å². The van der Waals surface area contributed by atoms with Crippen LogP contribution < -0.4 is 14.8 Å². The molecule has 4 aliphatic rings. The van der Waals surface area contributed by atoms with Crippen LogP contribution in [0.25, 0.3) is 10.9 Å². The number of hydrogen-bond donors (Lipinski definition) is 2. The van der Waals surface area contributed by atoms with Crippen molar-refractivity contribution in [1.29, 1.82) is 0 Å². The number of fused-ring (bicyclic) bond motifs is 3. The third kappa shape index (κ3) is 3.16. The number of nitrogens with one attached hydrogen (secondary N) is 2. The Hall–Kier alpha value is -3.78. The number of hydrogen-bond acceptors (Lipinski definition) is 5. The molecular weight excluding hydrogens is 446 g/mol. The number of para-hydroxylation sites is 1. The number of benzene rings is 2. The number of rotatable bonds is 6. The van der Waals surface area contributed by atoms with E-state index >= 15 is 0 Å². The van der Waals surface area contributed by atoms with Crippen LogP contribution in [-0.2, 0) is 27.3 Å². The molecule has 3 aromatic rings. The Kier molecular flexibility index (Phi) is 4.48. The van der Waals surface area contributed by atoms with Crippen molar-refractivity contribution in [2.24, 2.45) is 11.8 Å². The van der Waals surface area contributed by atoms with Crippen LogP contribution in [-0.4, -0.2) is 53.3 Å². The van der Waals surface area contributed by atoms with E-state index in [1.807, 2.05) is 59.6 Å². The van der Waals surface area contributed by atoms with Gasteiger partial charge in [-0.1, -0.05) is 36.4 Å². The Bertz CT molecular complexity index is 1380. The zero-order valence-corrected chi connectivity index (χ0v) is 19.0. The van der Waals surface area contributed by atoms with Crippen LogP contribution >= 0.6 is 0 Å². The van der Waals surface area contributed by atoms with E-state index in [9.17, 15) is 9.59 Å². The summed E-state index contributed by atoms with van der Waals surface area (Å²) in [6.45, 7) is 1.63. The summed E-state index contributed by atoms with van der Waals surface area (Å²) < 4.78 is 17.0. The van der Waals surface area contributed by atoms with E-state index in [1.165, 1.54) is 10.9 Å². The predicted molar refractivity (Wildman–Crippen MR) is 127 cm³/mol. The van der Waals surface area contributed by atoms with Gasteiger partial charge in [0.1, 0.15) is 5.60 Å². The Labute approximate surface area is 201 Å². The number of amides is 2. The van der Waals surface area contributed by atoms with E-state index < -0.39 is 17.4 Å². The number of carbonyl (C=O) groups is 2. The first-order valence-corrected chi connectivity index (χ1v) is 12.0. The number of likely N-dealkylation sites (tertiary alicyclic amines) is 1. The summed E-state index contributed by atoms with van der Waals surface area (Å²) in [5.41, 5.74) is 2.48. The summed E-state index contributed by atoms with van der Waals surface area (Å²) in [5, 5.41) is 4.19. The van der Waals surface area contributed by atoms with E-state index in [4.69, 9.17) is 14.2 Å². The molecule has 2 bridgehead atoms. The number of aromatic nitrogens is 1. The molecule has 4 atom stereocenters. The molecule has 4 aliphatic heterocycles. The fourth-order valence-corrected chi connectivity index (χ4v) is 6.02. The molecule has 1 spiro atoms. The Morgan fingerprint density at radius 3 is 3.00 bits per heavy atom. The lowest BCUT2D eigenvalue weighted by Gasteiger charge is -2.23. The highest BCUT2D eigenvalue weighted by atomic mass is 16.7. The third-order valence-electron chi connectivity index (χ3n) is 7.71. The second-order valence-corrected chi connectivity index (χ2v) is 9.67. The van der Waals surface area contributed by atoms with Gasteiger partial charge in [-0.2, -0.15) is 0 Å². The Morgan fingerprint density at radius 1 is 1.17 bits per heavy atom. The summed E-state index contributed by atoms with van der Waals surface area (Å²) in [5.74, 6) is 0.212. The molecule has 7 rings (SSSR count). The van der Waals surface area contributed by atoms with Gasteiger partial charge < -0.3 is 29.4 Å². The summed E-state index contributed by atoms with van der Waals surface area (Å²) in [6.07, 6.45) is 6.33. The fraction of sp³-hybridized carbons (Fsp3) is 0.333. The van der Waals surface area contributed by atoms with Gasteiger partial charge >= 0.3 is 0 Å². The minimum atomic E-state index is -0.706. The number of aromatic amines is 1. The largest absolute Gasteiger partial charge is 0.454 e. The molecule has 0 saturated carbocycles. The molecule has 1 aromatic heterocycles. The van der Waals surface area contributed by atoms with Crippen molar-refractivity contribution in [1.82, 2.24) is 15.2 Å². The van der Waals surface area contributed by atoms with Crippen molar-refractivity contribution in [3.63, 3.8) is 0 Å². The first kappa shape index (κ1) is 20.6. The van der Waals surface area contributed by atoms with Gasteiger partial charge in [0.2, 0.25) is 18.6 Å². The second kappa shape index (κ2) is 7.61. The molecule has 2 fully saturated rings. The van der Waals surface area contributed by atoms with Gasteiger partial charge in [-0.05, 0) is 35.7 Å². The maximum atomic E-state index is 13.5. The second-order valence-electron chi connectivity index (χ2n) is 9.67. The molecule has 2 N–H and O–H groups in total. The molecule has 5 heterocycles. The maximum absolute atomic E-state index is 13.5. The van der Waals surface area contributed by atoms with Crippen molar-refractivity contribution in [3.8, 4) is 11.5 Å². The topological polar surface area (TPSA) is 92.9 Å². The third-order valence-corrected chi connectivity index (χ3v) is 7.71. The summed E-state index contributed by atoms with van der Waals surface area (Å²) >= 11 is 0. The first-order chi connectivity index (χ1) is 17.1. The normalized spacial score (nSPS) is 27.7. The van der Waals surface area contributed by atoms with Gasteiger partial charge in [-0.25, -0.2) is 0 Å². The van der Waals surface area contributed by atoms with Crippen LogP contribution in [0.1, 0.15) is 11.1 Å². The highest BCUT2D eigenvalue weighted by molar-refractivity contribution is 5.93. The number of nitrogens with zero attached hydrogens (tertiary/aromatic N) is 1. The molecule has 0 unspecified atom stereocenters. The smallest absolute Gasteiger partial charge is 0.231 e. The lowest BCUT2D eigenvalue weighted by atomic mass is 9.77. The molecule has 0 radical (unpaired) electrons. The van der Waals surface area contributed by atoms with Crippen molar-refractivity contribution in [2.45, 2.75) is 24.7 Å². The number of carbonyl (C=O) groups excluding carboxylic acids is 2. The molecule has 0 aliphatic carbocycles. The summed E-state index contributed by atoms with van der Waals surface area (Å²) in [7, 11) is 0. The molecule has 8 nitrogen and oxygen atoms in total.